The fourth-order valence-electron chi connectivity index (χ4n) is 2.77. The summed E-state index contributed by atoms with van der Waals surface area (Å²) < 4.78 is 11.5. The number of aromatic nitrogens is 1. The zero-order valence-electron chi connectivity index (χ0n) is 13.8. The predicted molar refractivity (Wildman–Crippen MR) is 99.8 cm³/mol. The van der Waals surface area contributed by atoms with E-state index in [0.717, 1.165) is 52.4 Å². The molecule has 4 nitrogen and oxygen atoms in total. The van der Waals surface area contributed by atoms with E-state index in [4.69, 9.17) is 21.4 Å². The molecule has 1 aromatic carbocycles. The number of furan rings is 1. The van der Waals surface area contributed by atoms with Crippen LogP contribution >= 0.6 is 12.2 Å². The molecule has 0 unspecified atom stereocenters. The van der Waals surface area contributed by atoms with Crippen LogP contribution in [0, 0.1) is 0 Å². The second-order valence-electron chi connectivity index (χ2n) is 5.64. The summed E-state index contributed by atoms with van der Waals surface area (Å²) >= 11 is 5.10. The smallest absolute Gasteiger partial charge is 0.134 e. The van der Waals surface area contributed by atoms with E-state index >= 15 is 0 Å². The zero-order chi connectivity index (χ0) is 16.9. The van der Waals surface area contributed by atoms with Crippen LogP contribution in [0.3, 0.4) is 0 Å². The average molecular weight is 340 g/mol. The van der Waals surface area contributed by atoms with Gasteiger partial charge < -0.3 is 14.5 Å². The third-order valence-corrected chi connectivity index (χ3v) is 4.06. The van der Waals surface area contributed by atoms with Gasteiger partial charge in [0.15, 0.2) is 0 Å². The summed E-state index contributed by atoms with van der Waals surface area (Å²) in [4.78, 5) is 4.99. The van der Waals surface area contributed by atoms with Crippen LogP contribution in [0.2, 0.25) is 0 Å². The predicted octanol–water partition coefficient (Wildman–Crippen LogP) is 3.91. The molecule has 0 atom stereocenters. The van der Waals surface area contributed by atoms with Crippen molar-refractivity contribution >= 4 is 28.2 Å². The molecule has 2 aromatic heterocycles. The molecule has 0 radical (unpaired) electrons. The number of nitrogens with one attached hydrogen (secondary N) is 1. The Balaban J connectivity index is 1.97. The van der Waals surface area contributed by atoms with Gasteiger partial charge in [0.05, 0.1) is 12.1 Å². The van der Waals surface area contributed by atoms with E-state index < -0.39 is 0 Å². The van der Waals surface area contributed by atoms with E-state index in [1.807, 2.05) is 37.4 Å². The van der Waals surface area contributed by atoms with Gasteiger partial charge in [-0.15, -0.1) is 0 Å². The molecule has 0 bridgehead atoms. The van der Waals surface area contributed by atoms with E-state index in [2.05, 4.69) is 16.4 Å². The molecule has 24 heavy (non-hydrogen) atoms. The van der Waals surface area contributed by atoms with Crippen LogP contribution in [0.1, 0.15) is 23.8 Å². The molecule has 3 rings (SSSR count). The first kappa shape index (κ1) is 16.5. The molecule has 1 N–H and O–H groups in total. The quantitative estimate of drug-likeness (QED) is 0.690. The number of pyridine rings is 1. The van der Waals surface area contributed by atoms with Crippen LogP contribution in [0.15, 0.2) is 47.1 Å². The van der Waals surface area contributed by atoms with E-state index in [1.54, 1.807) is 13.3 Å². The van der Waals surface area contributed by atoms with Crippen molar-refractivity contribution in [1.82, 2.24) is 10.3 Å². The van der Waals surface area contributed by atoms with Crippen LogP contribution in [0.5, 0.6) is 5.75 Å². The molecule has 0 amide bonds. The van der Waals surface area contributed by atoms with Gasteiger partial charge in [-0.3, -0.25) is 4.98 Å². The molecular formula is C19H20N2O2S. The minimum absolute atomic E-state index is 0.719. The largest absolute Gasteiger partial charge is 0.497 e. The highest BCUT2D eigenvalue weighted by atomic mass is 32.1. The number of rotatable bonds is 6. The normalized spacial score (nSPS) is 10.8. The second kappa shape index (κ2) is 7.45. The van der Waals surface area contributed by atoms with E-state index in [0.29, 0.717) is 0 Å². The summed E-state index contributed by atoms with van der Waals surface area (Å²) in [6.07, 6.45) is 5.21. The fourth-order valence-corrected chi connectivity index (χ4v) is 2.88. The van der Waals surface area contributed by atoms with Gasteiger partial charge in [-0.05, 0) is 43.2 Å². The Morgan fingerprint density at radius 1 is 1.33 bits per heavy atom. The first-order valence-electron chi connectivity index (χ1n) is 7.89. The Morgan fingerprint density at radius 2 is 2.21 bits per heavy atom. The van der Waals surface area contributed by atoms with Crippen molar-refractivity contribution in [3.05, 3.63) is 59.6 Å². The number of benzene rings is 1. The van der Waals surface area contributed by atoms with Crippen molar-refractivity contribution in [1.29, 1.82) is 0 Å². The number of methoxy groups -OCH3 is 1. The third-order valence-electron chi connectivity index (χ3n) is 3.92. The molecule has 0 aliphatic carbocycles. The van der Waals surface area contributed by atoms with Gasteiger partial charge >= 0.3 is 0 Å². The van der Waals surface area contributed by atoms with Crippen molar-refractivity contribution in [2.75, 3.05) is 13.7 Å². The van der Waals surface area contributed by atoms with Crippen LogP contribution in [0.25, 0.3) is 11.0 Å². The first-order chi connectivity index (χ1) is 11.7. The Labute approximate surface area is 146 Å². The summed E-state index contributed by atoms with van der Waals surface area (Å²) in [6, 6.07) is 9.91. The minimum atomic E-state index is 0.719. The molecule has 3 aromatic rings. The summed E-state index contributed by atoms with van der Waals surface area (Å²) in [5, 5.41) is 4.31. The van der Waals surface area contributed by atoms with Gasteiger partial charge in [0.1, 0.15) is 17.1 Å². The lowest BCUT2D eigenvalue weighted by molar-refractivity contribution is 0.415. The molecule has 0 aliphatic rings. The molecule has 0 spiro atoms. The van der Waals surface area contributed by atoms with Gasteiger partial charge in [0.2, 0.25) is 0 Å². The van der Waals surface area contributed by atoms with Crippen molar-refractivity contribution < 1.29 is 9.15 Å². The first-order valence-corrected chi connectivity index (χ1v) is 8.30. The molecule has 5 heteroatoms. The maximum Gasteiger partial charge on any atom is 0.134 e. The Morgan fingerprint density at radius 3 is 2.92 bits per heavy atom. The maximum absolute atomic E-state index is 6.12. The van der Waals surface area contributed by atoms with Gasteiger partial charge in [-0.25, -0.2) is 0 Å². The second-order valence-corrected chi connectivity index (χ2v) is 6.25. The highest BCUT2D eigenvalue weighted by Gasteiger charge is 2.15. The molecular weight excluding hydrogens is 320 g/mol. The minimum Gasteiger partial charge on any atom is -0.497 e. The number of hydrogen-bond acceptors (Lipinski definition) is 4. The molecule has 124 valence electrons. The van der Waals surface area contributed by atoms with Gasteiger partial charge in [0.25, 0.3) is 0 Å². The van der Waals surface area contributed by atoms with Crippen LogP contribution in [-0.2, 0) is 12.8 Å². The highest BCUT2D eigenvalue weighted by Crippen LogP contribution is 2.31. The van der Waals surface area contributed by atoms with Crippen LogP contribution in [0.4, 0.5) is 0 Å². The topological polar surface area (TPSA) is 47.3 Å². The van der Waals surface area contributed by atoms with E-state index in [9.17, 15) is 0 Å². The summed E-state index contributed by atoms with van der Waals surface area (Å²) in [5.74, 6) is 1.80. The van der Waals surface area contributed by atoms with Crippen molar-refractivity contribution in [3.8, 4) is 5.75 Å². The van der Waals surface area contributed by atoms with Crippen LogP contribution < -0.4 is 10.1 Å². The third kappa shape index (κ3) is 3.74. The highest BCUT2D eigenvalue weighted by molar-refractivity contribution is 7.80. The summed E-state index contributed by atoms with van der Waals surface area (Å²) in [6.45, 7) is 2.67. The number of ether oxygens (including phenoxy) is 1. The lowest BCUT2D eigenvalue weighted by Gasteiger charge is -2.06. The van der Waals surface area contributed by atoms with Crippen molar-refractivity contribution in [2.45, 2.75) is 19.8 Å². The van der Waals surface area contributed by atoms with E-state index in [1.165, 1.54) is 5.56 Å². The average Bonchev–Trinajstić information content (AvgIpc) is 2.92. The maximum atomic E-state index is 6.12. The number of hydrogen-bond donors (Lipinski definition) is 1. The molecule has 0 saturated carbocycles. The number of thiocarbonyl (C=S) groups is 1. The van der Waals surface area contributed by atoms with Gasteiger partial charge in [-0.1, -0.05) is 18.3 Å². The standard InChI is InChI=1S/C19H20N2O2S/c1-13(24)21-9-7-16-17-11-15(22-2)5-6-18(17)23-19(16)10-14-4-3-8-20-12-14/h3-6,8,11-12H,7,9-10H2,1-2H3,(H,21,24). The lowest BCUT2D eigenvalue weighted by Crippen LogP contribution is -2.21. The van der Waals surface area contributed by atoms with Crippen LogP contribution in [-0.4, -0.2) is 23.6 Å². The summed E-state index contributed by atoms with van der Waals surface area (Å²) in [7, 11) is 1.68. The number of nitrogens with zero attached hydrogens (tertiary/aromatic N) is 1. The number of fused-ring (bicyclic) bond motifs is 1. The molecule has 0 fully saturated rings. The van der Waals surface area contributed by atoms with Crippen molar-refractivity contribution in [2.24, 2.45) is 0 Å². The van der Waals surface area contributed by atoms with E-state index in [-0.39, 0.29) is 0 Å². The Hall–Kier alpha value is -2.40. The van der Waals surface area contributed by atoms with Gasteiger partial charge in [0, 0.05) is 36.3 Å². The fraction of sp³-hybridized carbons (Fsp3) is 0.263. The molecule has 0 saturated heterocycles. The molecule has 0 aliphatic heterocycles. The lowest BCUT2D eigenvalue weighted by atomic mass is 10.0. The SMILES string of the molecule is COc1ccc2oc(Cc3cccnc3)c(CCNC(C)=S)c2c1. The Bertz CT molecular complexity index is 843. The Kier molecular flexibility index (Phi) is 5.11. The zero-order valence-corrected chi connectivity index (χ0v) is 14.7. The monoisotopic (exact) mass is 340 g/mol. The molecule has 2 heterocycles. The van der Waals surface area contributed by atoms with Crippen molar-refractivity contribution in [3.63, 3.8) is 0 Å². The van der Waals surface area contributed by atoms with Gasteiger partial charge in [-0.2, -0.15) is 0 Å². The summed E-state index contributed by atoms with van der Waals surface area (Å²) in [5.41, 5.74) is 3.20.